The van der Waals surface area contributed by atoms with E-state index in [2.05, 4.69) is 15.3 Å². The minimum atomic E-state index is -0.433. The fraction of sp³-hybridized carbons (Fsp3) is 0.714. The average Bonchev–Trinajstić information content (AvgIpc) is 2.80. The second-order valence-electron chi connectivity index (χ2n) is 6.20. The van der Waals surface area contributed by atoms with Gasteiger partial charge in [-0.3, -0.25) is 0 Å². The first-order valence-electron chi connectivity index (χ1n) is 6.92. The van der Waals surface area contributed by atoms with Crippen molar-refractivity contribution in [1.82, 2.24) is 15.3 Å². The Balaban J connectivity index is 1.76. The molecule has 1 heterocycles. The van der Waals surface area contributed by atoms with Crippen molar-refractivity contribution in [3.63, 3.8) is 0 Å². The molecular weight excluding hydrogens is 242 g/mol. The van der Waals surface area contributed by atoms with Crippen molar-refractivity contribution in [2.24, 2.45) is 0 Å². The number of ether oxygens (including phenoxy) is 1. The summed E-state index contributed by atoms with van der Waals surface area (Å²) in [5.74, 6) is 0.541. The number of aromatic amines is 1. The van der Waals surface area contributed by atoms with E-state index in [-0.39, 0.29) is 12.1 Å². The van der Waals surface area contributed by atoms with Crippen LogP contribution in [0.15, 0.2) is 12.5 Å². The van der Waals surface area contributed by atoms with Crippen LogP contribution in [0.2, 0.25) is 0 Å². The molecule has 1 aliphatic carbocycles. The summed E-state index contributed by atoms with van der Waals surface area (Å²) in [7, 11) is 0. The molecule has 1 fully saturated rings. The summed E-state index contributed by atoms with van der Waals surface area (Å²) < 4.78 is 5.27. The van der Waals surface area contributed by atoms with Crippen molar-refractivity contribution in [2.75, 3.05) is 0 Å². The highest BCUT2D eigenvalue weighted by Gasteiger charge is 2.25. The number of carbonyl (C=O) groups is 1. The number of rotatable bonds is 2. The summed E-state index contributed by atoms with van der Waals surface area (Å²) in [6, 6.07) is 0.231. The third-order valence-electron chi connectivity index (χ3n) is 3.41. The SMILES string of the molecule is CC(C)(C)OC(=O)NC1CCC(c2cnc[nH]2)CC1. The Morgan fingerprint density at radius 1 is 1.37 bits per heavy atom. The van der Waals surface area contributed by atoms with Gasteiger partial charge in [0.15, 0.2) is 0 Å². The highest BCUT2D eigenvalue weighted by Crippen LogP contribution is 2.31. The standard InChI is InChI=1S/C14H23N3O2/c1-14(2,3)19-13(18)17-11-6-4-10(5-7-11)12-8-15-9-16-12/h8-11H,4-7H2,1-3H3,(H,15,16)(H,17,18). The highest BCUT2D eigenvalue weighted by molar-refractivity contribution is 5.68. The van der Waals surface area contributed by atoms with Crippen molar-refractivity contribution < 1.29 is 9.53 Å². The number of hydrogen-bond donors (Lipinski definition) is 2. The maximum absolute atomic E-state index is 11.7. The van der Waals surface area contributed by atoms with E-state index in [4.69, 9.17) is 4.74 Å². The van der Waals surface area contributed by atoms with Gasteiger partial charge in [-0.2, -0.15) is 0 Å². The Morgan fingerprint density at radius 2 is 2.05 bits per heavy atom. The van der Waals surface area contributed by atoms with Gasteiger partial charge in [-0.15, -0.1) is 0 Å². The molecule has 2 N–H and O–H groups in total. The van der Waals surface area contributed by atoms with Gasteiger partial charge in [-0.1, -0.05) is 0 Å². The number of hydrogen-bond acceptors (Lipinski definition) is 3. The number of amides is 1. The highest BCUT2D eigenvalue weighted by atomic mass is 16.6. The molecule has 1 amide bonds. The molecule has 5 heteroatoms. The van der Waals surface area contributed by atoms with Gasteiger partial charge in [0.25, 0.3) is 0 Å². The van der Waals surface area contributed by atoms with Gasteiger partial charge in [0.1, 0.15) is 5.60 Å². The fourth-order valence-electron chi connectivity index (χ4n) is 2.51. The van der Waals surface area contributed by atoms with Gasteiger partial charge in [-0.05, 0) is 46.5 Å². The molecule has 1 saturated carbocycles. The van der Waals surface area contributed by atoms with E-state index in [0.717, 1.165) is 25.7 Å². The Morgan fingerprint density at radius 3 is 2.58 bits per heavy atom. The zero-order valence-electron chi connectivity index (χ0n) is 11.9. The van der Waals surface area contributed by atoms with Crippen LogP contribution in [0.5, 0.6) is 0 Å². The lowest BCUT2D eigenvalue weighted by atomic mass is 9.84. The molecule has 0 atom stereocenters. The molecule has 1 aromatic heterocycles. The molecule has 106 valence electrons. The van der Waals surface area contributed by atoms with Gasteiger partial charge in [0.2, 0.25) is 0 Å². The van der Waals surface area contributed by atoms with Crippen molar-refractivity contribution in [2.45, 2.75) is 64.0 Å². The lowest BCUT2D eigenvalue weighted by Crippen LogP contribution is -2.40. The number of aromatic nitrogens is 2. The number of nitrogens with zero attached hydrogens (tertiary/aromatic N) is 1. The molecule has 0 bridgehead atoms. The zero-order valence-corrected chi connectivity index (χ0v) is 11.9. The predicted molar refractivity (Wildman–Crippen MR) is 73.0 cm³/mol. The quantitative estimate of drug-likeness (QED) is 0.864. The fourth-order valence-corrected chi connectivity index (χ4v) is 2.51. The van der Waals surface area contributed by atoms with Gasteiger partial charge in [0, 0.05) is 23.9 Å². The van der Waals surface area contributed by atoms with E-state index in [1.165, 1.54) is 5.69 Å². The van der Waals surface area contributed by atoms with Gasteiger partial charge in [0.05, 0.1) is 6.33 Å². The first-order chi connectivity index (χ1) is 8.94. The molecule has 2 rings (SSSR count). The van der Waals surface area contributed by atoms with E-state index < -0.39 is 5.60 Å². The second kappa shape index (κ2) is 5.63. The van der Waals surface area contributed by atoms with Crippen molar-refractivity contribution in [3.8, 4) is 0 Å². The molecule has 0 spiro atoms. The normalized spacial score (nSPS) is 23.9. The van der Waals surface area contributed by atoms with Crippen LogP contribution in [0.4, 0.5) is 4.79 Å². The molecule has 0 radical (unpaired) electrons. The Labute approximate surface area is 114 Å². The number of imidazole rings is 1. The molecule has 5 nitrogen and oxygen atoms in total. The number of H-pyrrole nitrogens is 1. The van der Waals surface area contributed by atoms with Crippen LogP contribution in [-0.2, 0) is 4.74 Å². The van der Waals surface area contributed by atoms with Crippen molar-refractivity contribution in [1.29, 1.82) is 0 Å². The third kappa shape index (κ3) is 4.26. The summed E-state index contributed by atoms with van der Waals surface area (Å²) in [6.07, 6.45) is 7.43. The molecule has 0 unspecified atom stereocenters. The third-order valence-corrected chi connectivity index (χ3v) is 3.41. The van der Waals surface area contributed by atoms with Gasteiger partial charge >= 0.3 is 6.09 Å². The molecular formula is C14H23N3O2. The van der Waals surface area contributed by atoms with Crippen LogP contribution in [0.1, 0.15) is 58.1 Å². The maximum atomic E-state index is 11.7. The first-order valence-corrected chi connectivity index (χ1v) is 6.92. The van der Waals surface area contributed by atoms with E-state index >= 15 is 0 Å². The largest absolute Gasteiger partial charge is 0.444 e. The number of carbonyl (C=O) groups excluding carboxylic acids is 1. The molecule has 0 aromatic carbocycles. The summed E-state index contributed by atoms with van der Waals surface area (Å²) >= 11 is 0. The topological polar surface area (TPSA) is 67.0 Å². The zero-order chi connectivity index (χ0) is 13.9. The van der Waals surface area contributed by atoms with Crippen LogP contribution >= 0.6 is 0 Å². The van der Waals surface area contributed by atoms with Crippen LogP contribution in [0.3, 0.4) is 0 Å². The second-order valence-corrected chi connectivity index (χ2v) is 6.20. The Bertz CT molecular complexity index is 401. The van der Waals surface area contributed by atoms with Crippen molar-refractivity contribution in [3.05, 3.63) is 18.2 Å². The summed E-state index contributed by atoms with van der Waals surface area (Å²) in [4.78, 5) is 18.9. The van der Waals surface area contributed by atoms with Gasteiger partial charge in [-0.25, -0.2) is 9.78 Å². The van der Waals surface area contributed by atoms with Crippen LogP contribution < -0.4 is 5.32 Å². The van der Waals surface area contributed by atoms with E-state index in [0.29, 0.717) is 5.92 Å². The Hall–Kier alpha value is -1.52. The van der Waals surface area contributed by atoms with E-state index in [1.807, 2.05) is 27.0 Å². The summed E-state index contributed by atoms with van der Waals surface area (Å²) in [6.45, 7) is 5.63. The van der Waals surface area contributed by atoms with Crippen molar-refractivity contribution >= 4 is 6.09 Å². The summed E-state index contributed by atoms with van der Waals surface area (Å²) in [5.41, 5.74) is 0.771. The first kappa shape index (κ1) is 13.9. The smallest absolute Gasteiger partial charge is 0.407 e. The minimum Gasteiger partial charge on any atom is -0.444 e. The average molecular weight is 265 g/mol. The maximum Gasteiger partial charge on any atom is 0.407 e. The Kier molecular flexibility index (Phi) is 4.12. The molecule has 1 aromatic rings. The molecule has 0 saturated heterocycles. The van der Waals surface area contributed by atoms with Crippen LogP contribution in [-0.4, -0.2) is 27.7 Å². The molecule has 1 aliphatic rings. The predicted octanol–water partition coefficient (Wildman–Crippen LogP) is 2.96. The lowest BCUT2D eigenvalue weighted by molar-refractivity contribution is 0.0491. The monoisotopic (exact) mass is 265 g/mol. The van der Waals surface area contributed by atoms with E-state index in [1.54, 1.807) is 6.33 Å². The number of alkyl carbamates (subject to hydrolysis) is 1. The number of nitrogens with one attached hydrogen (secondary N) is 2. The minimum absolute atomic E-state index is 0.231. The van der Waals surface area contributed by atoms with E-state index in [9.17, 15) is 4.79 Å². The van der Waals surface area contributed by atoms with Crippen LogP contribution in [0, 0.1) is 0 Å². The lowest BCUT2D eigenvalue weighted by Gasteiger charge is -2.29. The molecule has 0 aliphatic heterocycles. The summed E-state index contributed by atoms with van der Waals surface area (Å²) in [5, 5.41) is 2.95. The van der Waals surface area contributed by atoms with Crippen LogP contribution in [0.25, 0.3) is 0 Å². The van der Waals surface area contributed by atoms with Gasteiger partial charge < -0.3 is 15.0 Å². The molecule has 19 heavy (non-hydrogen) atoms.